The number of nitrogens with zero attached hydrogens (tertiary/aromatic N) is 1. The van der Waals surface area contributed by atoms with E-state index in [9.17, 15) is 8.42 Å². The normalized spacial score (nSPS) is 13.6. The largest absolute Gasteiger partial charge is 0.357 e. The van der Waals surface area contributed by atoms with Crippen LogP contribution in [0.15, 0.2) is 4.99 Å². The molecule has 2 N–H and O–H groups in total. The number of rotatable bonds is 6. The van der Waals surface area contributed by atoms with E-state index in [1.165, 1.54) is 6.26 Å². The molecular weight excluding hydrogens is 238 g/mol. The summed E-state index contributed by atoms with van der Waals surface area (Å²) in [6.45, 7) is 9.26. The molecule has 0 rings (SSSR count). The van der Waals surface area contributed by atoms with Crippen molar-refractivity contribution in [1.29, 1.82) is 0 Å². The number of aliphatic imine (C=N–C) groups is 1. The molecule has 0 aliphatic rings. The maximum Gasteiger partial charge on any atom is 0.191 e. The Bertz CT molecular complexity index is 348. The fourth-order valence-corrected chi connectivity index (χ4v) is 1.27. The van der Waals surface area contributed by atoms with Gasteiger partial charge in [0.2, 0.25) is 0 Å². The molecule has 6 heteroatoms. The number of sulfone groups is 1. The first-order valence-corrected chi connectivity index (χ1v) is 7.85. The summed E-state index contributed by atoms with van der Waals surface area (Å²) in [5.41, 5.74) is 0. The van der Waals surface area contributed by atoms with Gasteiger partial charge in [0.15, 0.2) is 15.8 Å². The first-order valence-electron chi connectivity index (χ1n) is 5.96. The Balaban J connectivity index is 4.62. The molecule has 0 amide bonds. The van der Waals surface area contributed by atoms with Crippen LogP contribution >= 0.6 is 0 Å². The van der Waals surface area contributed by atoms with Gasteiger partial charge in [0.1, 0.15) is 0 Å². The van der Waals surface area contributed by atoms with Crippen molar-refractivity contribution in [1.82, 2.24) is 10.6 Å². The van der Waals surface area contributed by atoms with Crippen molar-refractivity contribution in [3.8, 4) is 0 Å². The minimum absolute atomic E-state index is 0.255. The smallest absolute Gasteiger partial charge is 0.191 e. The van der Waals surface area contributed by atoms with Crippen LogP contribution in [0.1, 0.15) is 34.1 Å². The third-order valence-electron chi connectivity index (χ3n) is 2.51. The monoisotopic (exact) mass is 263 g/mol. The molecule has 0 fully saturated rings. The van der Waals surface area contributed by atoms with E-state index in [-0.39, 0.29) is 6.54 Å². The SMILES string of the molecule is CCCNC(=NCC(C)(C)S(C)(=O)=O)NCC. The van der Waals surface area contributed by atoms with Crippen LogP contribution < -0.4 is 10.6 Å². The first kappa shape index (κ1) is 16.2. The standard InChI is InChI=1S/C11H25N3O2S/c1-6-8-13-10(12-7-2)14-9-11(3,4)17(5,15)16/h6-9H2,1-5H3,(H2,12,13,14). The van der Waals surface area contributed by atoms with Gasteiger partial charge in [-0.25, -0.2) is 8.42 Å². The molecular formula is C11H25N3O2S. The zero-order valence-corrected chi connectivity index (χ0v) is 12.3. The molecule has 0 aromatic carbocycles. The summed E-state index contributed by atoms with van der Waals surface area (Å²) in [5.74, 6) is 0.672. The van der Waals surface area contributed by atoms with Crippen molar-refractivity contribution in [3.63, 3.8) is 0 Å². The quantitative estimate of drug-likeness (QED) is 0.549. The van der Waals surface area contributed by atoms with Gasteiger partial charge in [-0.05, 0) is 27.2 Å². The Kier molecular flexibility index (Phi) is 6.52. The molecule has 0 atom stereocenters. The van der Waals surface area contributed by atoms with Crippen LogP contribution in [0.25, 0.3) is 0 Å². The van der Waals surface area contributed by atoms with Crippen LogP contribution in [-0.4, -0.2) is 45.0 Å². The van der Waals surface area contributed by atoms with Gasteiger partial charge in [-0.15, -0.1) is 0 Å². The molecule has 0 unspecified atom stereocenters. The van der Waals surface area contributed by atoms with Crippen LogP contribution in [0, 0.1) is 0 Å². The Labute approximate surface area is 105 Å². The molecule has 0 bridgehead atoms. The van der Waals surface area contributed by atoms with E-state index in [1.54, 1.807) is 13.8 Å². The number of hydrogen-bond acceptors (Lipinski definition) is 3. The zero-order chi connectivity index (χ0) is 13.5. The minimum atomic E-state index is -3.10. The van der Waals surface area contributed by atoms with Gasteiger partial charge in [-0.3, -0.25) is 4.99 Å². The van der Waals surface area contributed by atoms with E-state index >= 15 is 0 Å². The van der Waals surface area contributed by atoms with Gasteiger partial charge < -0.3 is 10.6 Å². The second-order valence-corrected chi connectivity index (χ2v) is 7.30. The molecule has 0 spiro atoms. The van der Waals surface area contributed by atoms with Crippen molar-refractivity contribution in [2.75, 3.05) is 25.9 Å². The van der Waals surface area contributed by atoms with Crippen molar-refractivity contribution in [2.45, 2.75) is 38.9 Å². The molecule has 0 saturated carbocycles. The highest BCUT2D eigenvalue weighted by Crippen LogP contribution is 2.14. The van der Waals surface area contributed by atoms with E-state index in [1.807, 2.05) is 6.92 Å². The van der Waals surface area contributed by atoms with Gasteiger partial charge in [0.05, 0.1) is 11.3 Å². The predicted molar refractivity (Wildman–Crippen MR) is 73.2 cm³/mol. The molecule has 0 radical (unpaired) electrons. The number of hydrogen-bond donors (Lipinski definition) is 2. The number of guanidine groups is 1. The predicted octanol–water partition coefficient (Wildman–Crippen LogP) is 0.775. The van der Waals surface area contributed by atoms with Crippen molar-refractivity contribution in [3.05, 3.63) is 0 Å². The average molecular weight is 263 g/mol. The van der Waals surface area contributed by atoms with Crippen LogP contribution in [-0.2, 0) is 9.84 Å². The molecule has 17 heavy (non-hydrogen) atoms. The van der Waals surface area contributed by atoms with Crippen LogP contribution in [0.4, 0.5) is 0 Å². The highest BCUT2D eigenvalue weighted by molar-refractivity contribution is 7.92. The first-order chi connectivity index (χ1) is 7.74. The maximum atomic E-state index is 11.5. The molecule has 0 aromatic rings. The third kappa shape index (κ3) is 5.91. The van der Waals surface area contributed by atoms with E-state index in [0.29, 0.717) is 5.96 Å². The Morgan fingerprint density at radius 1 is 1.24 bits per heavy atom. The van der Waals surface area contributed by atoms with Crippen LogP contribution in [0.3, 0.4) is 0 Å². The van der Waals surface area contributed by atoms with E-state index in [2.05, 4.69) is 22.5 Å². The van der Waals surface area contributed by atoms with Gasteiger partial charge >= 0.3 is 0 Å². The topological polar surface area (TPSA) is 70.6 Å². The summed E-state index contributed by atoms with van der Waals surface area (Å²) < 4.78 is 22.2. The summed E-state index contributed by atoms with van der Waals surface area (Å²) in [6.07, 6.45) is 2.24. The lowest BCUT2D eigenvalue weighted by Crippen LogP contribution is -2.40. The summed E-state index contributed by atoms with van der Waals surface area (Å²) >= 11 is 0. The minimum Gasteiger partial charge on any atom is -0.357 e. The highest BCUT2D eigenvalue weighted by atomic mass is 32.2. The second-order valence-electron chi connectivity index (χ2n) is 4.65. The summed E-state index contributed by atoms with van der Waals surface area (Å²) in [6, 6.07) is 0. The maximum absolute atomic E-state index is 11.5. The molecule has 102 valence electrons. The van der Waals surface area contributed by atoms with E-state index < -0.39 is 14.6 Å². The summed E-state index contributed by atoms with van der Waals surface area (Å²) in [5, 5.41) is 6.22. The Morgan fingerprint density at radius 3 is 2.24 bits per heavy atom. The Hall–Kier alpha value is -0.780. The fourth-order valence-electron chi connectivity index (χ4n) is 0.972. The van der Waals surface area contributed by atoms with Crippen molar-refractivity contribution >= 4 is 15.8 Å². The van der Waals surface area contributed by atoms with Crippen LogP contribution in [0.5, 0.6) is 0 Å². The average Bonchev–Trinajstić information content (AvgIpc) is 2.20. The molecule has 0 saturated heterocycles. The van der Waals surface area contributed by atoms with Crippen molar-refractivity contribution < 1.29 is 8.42 Å². The van der Waals surface area contributed by atoms with Gasteiger partial charge in [0.25, 0.3) is 0 Å². The van der Waals surface area contributed by atoms with Crippen LogP contribution in [0.2, 0.25) is 0 Å². The van der Waals surface area contributed by atoms with Gasteiger partial charge in [-0.2, -0.15) is 0 Å². The zero-order valence-electron chi connectivity index (χ0n) is 11.5. The molecule has 5 nitrogen and oxygen atoms in total. The van der Waals surface area contributed by atoms with Gasteiger partial charge in [-0.1, -0.05) is 6.92 Å². The lowest BCUT2D eigenvalue weighted by atomic mass is 10.2. The molecule has 0 aliphatic carbocycles. The molecule has 0 heterocycles. The van der Waals surface area contributed by atoms with E-state index in [0.717, 1.165) is 19.5 Å². The lowest BCUT2D eigenvalue weighted by molar-refractivity contribution is 0.554. The molecule has 0 aliphatic heterocycles. The molecule has 0 aromatic heterocycles. The number of nitrogens with one attached hydrogen (secondary N) is 2. The highest BCUT2D eigenvalue weighted by Gasteiger charge is 2.29. The van der Waals surface area contributed by atoms with Gasteiger partial charge in [0, 0.05) is 19.3 Å². The van der Waals surface area contributed by atoms with Crippen molar-refractivity contribution in [2.24, 2.45) is 4.99 Å². The lowest BCUT2D eigenvalue weighted by Gasteiger charge is -2.21. The van der Waals surface area contributed by atoms with E-state index in [4.69, 9.17) is 0 Å². The summed E-state index contributed by atoms with van der Waals surface area (Å²) in [4.78, 5) is 4.30. The fraction of sp³-hybridized carbons (Fsp3) is 0.909. The summed E-state index contributed by atoms with van der Waals surface area (Å²) in [7, 11) is -3.10. The third-order valence-corrected chi connectivity index (χ3v) is 4.65. The second kappa shape index (κ2) is 6.83. The Morgan fingerprint density at radius 2 is 1.82 bits per heavy atom.